The molecule has 0 aromatic carbocycles. The topological polar surface area (TPSA) is 113 Å². The molecule has 0 radical (unpaired) electrons. The summed E-state index contributed by atoms with van der Waals surface area (Å²) in [5.41, 5.74) is 5.00. The average Bonchev–Trinajstić information content (AvgIpc) is 2.88. The van der Waals surface area contributed by atoms with E-state index in [0.29, 0.717) is 6.54 Å². The molecule has 0 heterocycles. The zero-order chi connectivity index (χ0) is 15.1. The number of rotatable bonds is 7. The number of aliphatic carboxylic acids is 1. The summed E-state index contributed by atoms with van der Waals surface area (Å²) in [6.45, 7) is 2.41. The molecule has 20 heavy (non-hydrogen) atoms. The Balaban J connectivity index is 2.58. The number of carboxylic acid groups (broad SMARTS) is 1. The normalized spacial score (nSPS) is 16.6. The summed E-state index contributed by atoms with van der Waals surface area (Å²) in [5, 5.41) is 11.5. The van der Waals surface area contributed by atoms with Crippen LogP contribution in [0.25, 0.3) is 0 Å². The van der Waals surface area contributed by atoms with E-state index < -0.39 is 17.9 Å². The van der Waals surface area contributed by atoms with E-state index in [-0.39, 0.29) is 24.9 Å². The standard InChI is InChI=1S/C13H23N3O4/c1-2-16(9-5-3-4-6-9)13(20)15-10(12(18)19)7-8-11(14)17/h9-10H,2-8H2,1H3,(H2,14,17)(H,15,20)(H,18,19)/t10-/m0/s1. The lowest BCUT2D eigenvalue weighted by Gasteiger charge is -2.29. The van der Waals surface area contributed by atoms with Crippen LogP contribution in [0.5, 0.6) is 0 Å². The first kappa shape index (κ1) is 16.3. The van der Waals surface area contributed by atoms with Gasteiger partial charge in [0, 0.05) is 19.0 Å². The number of nitrogens with zero attached hydrogens (tertiary/aromatic N) is 1. The van der Waals surface area contributed by atoms with Gasteiger partial charge in [-0.25, -0.2) is 9.59 Å². The summed E-state index contributed by atoms with van der Waals surface area (Å²) >= 11 is 0. The zero-order valence-corrected chi connectivity index (χ0v) is 11.8. The van der Waals surface area contributed by atoms with Crippen molar-refractivity contribution in [2.24, 2.45) is 5.73 Å². The molecular formula is C13H23N3O4. The van der Waals surface area contributed by atoms with Crippen molar-refractivity contribution < 1.29 is 19.5 Å². The predicted molar refractivity (Wildman–Crippen MR) is 73.0 cm³/mol. The first-order valence-electron chi connectivity index (χ1n) is 7.04. The van der Waals surface area contributed by atoms with E-state index >= 15 is 0 Å². The molecule has 7 heteroatoms. The molecule has 0 bridgehead atoms. The van der Waals surface area contributed by atoms with Gasteiger partial charge in [0.05, 0.1) is 0 Å². The number of carbonyl (C=O) groups excluding carboxylic acids is 2. The number of carboxylic acids is 1. The van der Waals surface area contributed by atoms with Crippen molar-refractivity contribution in [3.05, 3.63) is 0 Å². The fourth-order valence-corrected chi connectivity index (χ4v) is 2.56. The second-order valence-corrected chi connectivity index (χ2v) is 5.07. The third kappa shape index (κ3) is 4.71. The molecule has 1 aliphatic carbocycles. The van der Waals surface area contributed by atoms with E-state index in [4.69, 9.17) is 10.8 Å². The smallest absolute Gasteiger partial charge is 0.326 e. The average molecular weight is 285 g/mol. The van der Waals surface area contributed by atoms with E-state index in [1.807, 2.05) is 6.92 Å². The number of nitrogens with one attached hydrogen (secondary N) is 1. The Morgan fingerprint density at radius 2 is 1.95 bits per heavy atom. The van der Waals surface area contributed by atoms with Gasteiger partial charge in [0.15, 0.2) is 0 Å². The van der Waals surface area contributed by atoms with Crippen LogP contribution in [0.1, 0.15) is 45.4 Å². The van der Waals surface area contributed by atoms with Gasteiger partial charge < -0.3 is 21.1 Å². The van der Waals surface area contributed by atoms with Crippen LogP contribution < -0.4 is 11.1 Å². The number of hydrogen-bond donors (Lipinski definition) is 3. The largest absolute Gasteiger partial charge is 0.480 e. The van der Waals surface area contributed by atoms with Gasteiger partial charge in [-0.3, -0.25) is 4.79 Å². The summed E-state index contributed by atoms with van der Waals surface area (Å²) in [7, 11) is 0. The minimum absolute atomic E-state index is 0.0125. The minimum atomic E-state index is -1.15. The van der Waals surface area contributed by atoms with Crippen molar-refractivity contribution in [1.82, 2.24) is 10.2 Å². The molecule has 1 rings (SSSR count). The van der Waals surface area contributed by atoms with Crippen LogP contribution in [-0.2, 0) is 9.59 Å². The number of amides is 3. The summed E-state index contributed by atoms with van der Waals surface area (Å²) in [5.74, 6) is -1.73. The Hall–Kier alpha value is -1.79. The summed E-state index contributed by atoms with van der Waals surface area (Å²) in [4.78, 5) is 35.6. The second kappa shape index (κ2) is 7.72. The van der Waals surface area contributed by atoms with Crippen LogP contribution >= 0.6 is 0 Å². The highest BCUT2D eigenvalue weighted by molar-refractivity contribution is 5.83. The van der Waals surface area contributed by atoms with Crippen molar-refractivity contribution in [3.8, 4) is 0 Å². The first-order valence-corrected chi connectivity index (χ1v) is 7.04. The molecule has 3 amide bonds. The molecule has 0 aliphatic heterocycles. The number of primary amides is 1. The summed E-state index contributed by atoms with van der Waals surface area (Å²) in [6, 6.07) is -1.27. The van der Waals surface area contributed by atoms with Gasteiger partial charge in [0.2, 0.25) is 5.91 Å². The number of carbonyl (C=O) groups is 3. The SMILES string of the molecule is CCN(C(=O)N[C@@H](CCC(N)=O)C(=O)O)C1CCCC1. The van der Waals surface area contributed by atoms with Gasteiger partial charge >= 0.3 is 12.0 Å². The van der Waals surface area contributed by atoms with Gasteiger partial charge in [-0.05, 0) is 26.2 Å². The summed E-state index contributed by atoms with van der Waals surface area (Å²) in [6.07, 6.45) is 4.06. The molecule has 1 saturated carbocycles. The van der Waals surface area contributed by atoms with Gasteiger partial charge in [-0.2, -0.15) is 0 Å². The fraction of sp³-hybridized carbons (Fsp3) is 0.769. The minimum Gasteiger partial charge on any atom is -0.480 e. The number of nitrogens with two attached hydrogens (primary N) is 1. The molecule has 0 unspecified atom stereocenters. The lowest BCUT2D eigenvalue weighted by atomic mass is 10.1. The molecule has 7 nitrogen and oxygen atoms in total. The number of urea groups is 1. The Morgan fingerprint density at radius 1 is 1.35 bits per heavy atom. The second-order valence-electron chi connectivity index (χ2n) is 5.07. The zero-order valence-electron chi connectivity index (χ0n) is 11.8. The van der Waals surface area contributed by atoms with Gasteiger partial charge in [-0.1, -0.05) is 12.8 Å². The lowest BCUT2D eigenvalue weighted by molar-refractivity contribution is -0.139. The van der Waals surface area contributed by atoms with Crippen molar-refractivity contribution in [2.75, 3.05) is 6.54 Å². The monoisotopic (exact) mass is 285 g/mol. The highest BCUT2D eigenvalue weighted by atomic mass is 16.4. The van der Waals surface area contributed by atoms with E-state index in [9.17, 15) is 14.4 Å². The van der Waals surface area contributed by atoms with E-state index in [2.05, 4.69) is 5.32 Å². The highest BCUT2D eigenvalue weighted by Gasteiger charge is 2.28. The Kier molecular flexibility index (Phi) is 6.27. The Bertz CT molecular complexity index is 367. The quantitative estimate of drug-likeness (QED) is 0.638. The third-order valence-corrected chi connectivity index (χ3v) is 3.64. The highest BCUT2D eigenvalue weighted by Crippen LogP contribution is 2.23. The maximum atomic E-state index is 12.2. The molecule has 0 aromatic rings. The van der Waals surface area contributed by atoms with Crippen LogP contribution in [0.3, 0.4) is 0 Å². The van der Waals surface area contributed by atoms with Crippen LogP contribution in [0.4, 0.5) is 4.79 Å². The van der Waals surface area contributed by atoms with Gasteiger partial charge in [-0.15, -0.1) is 0 Å². The molecule has 0 saturated heterocycles. The molecule has 1 aliphatic rings. The Morgan fingerprint density at radius 3 is 2.40 bits per heavy atom. The summed E-state index contributed by atoms with van der Waals surface area (Å²) < 4.78 is 0. The fourth-order valence-electron chi connectivity index (χ4n) is 2.56. The van der Waals surface area contributed by atoms with Crippen molar-refractivity contribution in [3.63, 3.8) is 0 Å². The molecule has 1 atom stereocenters. The van der Waals surface area contributed by atoms with Gasteiger partial charge in [0.25, 0.3) is 0 Å². The van der Waals surface area contributed by atoms with Crippen molar-refractivity contribution in [2.45, 2.75) is 57.5 Å². The lowest BCUT2D eigenvalue weighted by Crippen LogP contribution is -2.51. The van der Waals surface area contributed by atoms with Crippen LogP contribution in [0.2, 0.25) is 0 Å². The maximum absolute atomic E-state index is 12.2. The molecule has 0 spiro atoms. The molecule has 4 N–H and O–H groups in total. The van der Waals surface area contributed by atoms with E-state index in [1.165, 1.54) is 0 Å². The predicted octanol–water partition coefficient (Wildman–Crippen LogP) is 0.679. The van der Waals surface area contributed by atoms with Crippen LogP contribution in [-0.4, -0.2) is 46.5 Å². The van der Waals surface area contributed by atoms with Crippen molar-refractivity contribution in [1.29, 1.82) is 0 Å². The van der Waals surface area contributed by atoms with Gasteiger partial charge in [0.1, 0.15) is 6.04 Å². The van der Waals surface area contributed by atoms with E-state index in [0.717, 1.165) is 25.7 Å². The first-order chi connectivity index (χ1) is 9.45. The van der Waals surface area contributed by atoms with Crippen LogP contribution in [0, 0.1) is 0 Å². The van der Waals surface area contributed by atoms with Crippen LogP contribution in [0.15, 0.2) is 0 Å². The molecule has 1 fully saturated rings. The molecule has 0 aromatic heterocycles. The number of hydrogen-bond acceptors (Lipinski definition) is 3. The molecule has 114 valence electrons. The maximum Gasteiger partial charge on any atom is 0.326 e. The molecular weight excluding hydrogens is 262 g/mol. The third-order valence-electron chi connectivity index (χ3n) is 3.64. The van der Waals surface area contributed by atoms with E-state index in [1.54, 1.807) is 4.90 Å². The Labute approximate surface area is 118 Å². The van der Waals surface area contributed by atoms with Crippen molar-refractivity contribution >= 4 is 17.9 Å².